The largest absolute Gasteiger partial charge is 0.426 e. The Labute approximate surface area is 363 Å². The van der Waals surface area contributed by atoms with Gasteiger partial charge in [-0.25, -0.2) is 9.97 Å². The van der Waals surface area contributed by atoms with Crippen LogP contribution in [0.3, 0.4) is 0 Å². The fourth-order valence-electron chi connectivity index (χ4n) is 10.5. The van der Waals surface area contributed by atoms with Gasteiger partial charge in [0.25, 0.3) is 0 Å². The predicted octanol–water partition coefficient (Wildman–Crippen LogP) is 12.7. The van der Waals surface area contributed by atoms with Crippen molar-refractivity contribution in [2.75, 3.05) is 0 Å². The molecule has 0 saturated heterocycles. The lowest BCUT2D eigenvalue weighted by molar-refractivity contribution is -0.135. The summed E-state index contributed by atoms with van der Waals surface area (Å²) in [6, 6.07) is 64.7. The average Bonchev–Trinajstić information content (AvgIpc) is 3.69. The molecule has 2 unspecified atom stereocenters. The fraction of sp³-hybridized carbons (Fsp3) is 0.0877. The van der Waals surface area contributed by atoms with Crippen LogP contribution in [0.15, 0.2) is 194 Å². The van der Waals surface area contributed by atoms with Crippen LogP contribution in [0.2, 0.25) is 0 Å². The monoisotopic (exact) mass is 814 g/mol. The maximum absolute atomic E-state index is 15.0. The van der Waals surface area contributed by atoms with E-state index in [0.29, 0.717) is 17.9 Å². The van der Waals surface area contributed by atoms with E-state index in [-0.39, 0.29) is 12.8 Å². The highest BCUT2D eigenvalue weighted by Crippen LogP contribution is 2.62. The van der Waals surface area contributed by atoms with Crippen LogP contribution in [0.25, 0.3) is 65.9 Å². The minimum absolute atomic E-state index is 0.0327. The van der Waals surface area contributed by atoms with Crippen molar-refractivity contribution >= 4 is 55.3 Å². The van der Waals surface area contributed by atoms with Crippen LogP contribution >= 0.6 is 0 Å². The maximum atomic E-state index is 15.0. The van der Waals surface area contributed by atoms with Gasteiger partial charge in [0, 0.05) is 32.7 Å². The van der Waals surface area contributed by atoms with Crippen molar-refractivity contribution in [3.63, 3.8) is 0 Å². The molecule has 0 saturated carbocycles. The molecule has 0 aliphatic heterocycles. The van der Waals surface area contributed by atoms with Crippen molar-refractivity contribution in [3.05, 3.63) is 216 Å². The van der Waals surface area contributed by atoms with Gasteiger partial charge in [-0.1, -0.05) is 121 Å². The van der Waals surface area contributed by atoms with Gasteiger partial charge in [-0.2, -0.15) is 0 Å². The summed E-state index contributed by atoms with van der Waals surface area (Å²) in [5, 5.41) is 6.13. The molecule has 6 nitrogen and oxygen atoms in total. The Kier molecular flexibility index (Phi) is 8.38. The molecule has 12 rings (SSSR count). The summed E-state index contributed by atoms with van der Waals surface area (Å²) in [7, 11) is 0. The molecule has 2 aliphatic rings. The summed E-state index contributed by atoms with van der Waals surface area (Å²) >= 11 is 0. The molecule has 6 heteroatoms. The molecule has 0 radical (unpaired) electrons. The minimum atomic E-state index is -1.07. The second-order valence-electron chi connectivity index (χ2n) is 16.9. The van der Waals surface area contributed by atoms with Crippen LogP contribution in [0.4, 0.5) is 0 Å². The number of hydrogen-bond donors (Lipinski definition) is 0. The van der Waals surface area contributed by atoms with Crippen LogP contribution in [0.1, 0.15) is 41.5 Å². The number of carbonyl (C=O) groups is 2. The Bertz CT molecular complexity index is 3090. The number of aromatic nitrogens is 2. The SMILES string of the molecule is O=C(CC1(CC2(CC(=O)Oc3ccccc3)c3cc4ccccc4cc3-c3nc4ccccc4cc32)c2cc3ccccc3cc2-c2nc3ccccc3cc21)Oc1ccccc1. The van der Waals surface area contributed by atoms with Gasteiger partial charge in [-0.05, 0) is 123 Å². The summed E-state index contributed by atoms with van der Waals surface area (Å²) in [5.74, 6) is 0.144. The zero-order chi connectivity index (χ0) is 42.1. The van der Waals surface area contributed by atoms with Gasteiger partial charge in [0.15, 0.2) is 0 Å². The Morgan fingerprint density at radius 3 is 1.13 bits per heavy atom. The van der Waals surface area contributed by atoms with E-state index in [1.807, 2.05) is 97.1 Å². The maximum Gasteiger partial charge on any atom is 0.312 e. The summed E-state index contributed by atoms with van der Waals surface area (Å²) in [6.07, 6.45) is 0.231. The first-order chi connectivity index (χ1) is 30.9. The first kappa shape index (κ1) is 36.9. The first-order valence-corrected chi connectivity index (χ1v) is 21.3. The van der Waals surface area contributed by atoms with Crippen LogP contribution in [0.5, 0.6) is 11.5 Å². The van der Waals surface area contributed by atoms with E-state index in [4.69, 9.17) is 19.4 Å². The normalized spacial score (nSPS) is 17.0. The van der Waals surface area contributed by atoms with Gasteiger partial charge in [-0.3, -0.25) is 9.59 Å². The molecule has 0 fully saturated rings. The van der Waals surface area contributed by atoms with E-state index >= 15 is 0 Å². The number of para-hydroxylation sites is 4. The van der Waals surface area contributed by atoms with E-state index in [0.717, 1.165) is 88.1 Å². The molecular weight excluding hydrogens is 777 g/mol. The third-order valence-corrected chi connectivity index (χ3v) is 13.2. The number of rotatable bonds is 8. The lowest BCUT2D eigenvalue weighted by Gasteiger charge is -2.41. The minimum Gasteiger partial charge on any atom is -0.426 e. The van der Waals surface area contributed by atoms with Crippen LogP contribution in [0, 0.1) is 0 Å². The van der Waals surface area contributed by atoms with Gasteiger partial charge in [0.05, 0.1) is 35.3 Å². The van der Waals surface area contributed by atoms with Crippen molar-refractivity contribution in [3.8, 4) is 34.0 Å². The lowest BCUT2D eigenvalue weighted by Crippen LogP contribution is -2.41. The van der Waals surface area contributed by atoms with Gasteiger partial charge >= 0.3 is 11.9 Å². The zero-order valence-electron chi connectivity index (χ0n) is 34.1. The number of ether oxygens (including phenoxy) is 2. The quantitative estimate of drug-likeness (QED) is 0.112. The molecule has 10 aromatic rings. The first-order valence-electron chi connectivity index (χ1n) is 21.3. The second-order valence-corrected chi connectivity index (χ2v) is 16.9. The van der Waals surface area contributed by atoms with E-state index in [9.17, 15) is 9.59 Å². The number of benzene rings is 8. The van der Waals surface area contributed by atoms with E-state index in [2.05, 4.69) is 72.8 Å². The van der Waals surface area contributed by atoms with Crippen molar-refractivity contribution in [2.45, 2.75) is 30.1 Å². The van der Waals surface area contributed by atoms with Crippen LogP contribution in [-0.2, 0) is 20.4 Å². The Balaban J connectivity index is 1.18. The number of carbonyl (C=O) groups excluding carboxylic acids is 2. The van der Waals surface area contributed by atoms with Gasteiger partial charge in [0.1, 0.15) is 11.5 Å². The van der Waals surface area contributed by atoms with Gasteiger partial charge < -0.3 is 9.47 Å². The Morgan fingerprint density at radius 1 is 0.381 bits per heavy atom. The summed E-state index contributed by atoms with van der Waals surface area (Å²) in [6.45, 7) is 0. The van der Waals surface area contributed by atoms with Crippen molar-refractivity contribution in [1.82, 2.24) is 9.97 Å². The molecule has 0 amide bonds. The molecular formula is C57H38N2O4. The molecule has 8 aromatic carbocycles. The molecule has 2 aromatic heterocycles. The Morgan fingerprint density at radius 2 is 0.714 bits per heavy atom. The summed E-state index contributed by atoms with van der Waals surface area (Å²) in [5.41, 5.74) is 6.88. The van der Waals surface area contributed by atoms with Gasteiger partial charge in [0.2, 0.25) is 0 Å². The highest BCUT2D eigenvalue weighted by Gasteiger charge is 2.56. The topological polar surface area (TPSA) is 78.4 Å². The van der Waals surface area contributed by atoms with Crippen molar-refractivity contribution < 1.29 is 19.1 Å². The fourth-order valence-corrected chi connectivity index (χ4v) is 10.5. The third-order valence-electron chi connectivity index (χ3n) is 13.2. The van der Waals surface area contributed by atoms with Crippen LogP contribution in [-0.4, -0.2) is 21.9 Å². The molecule has 2 heterocycles. The third kappa shape index (κ3) is 6.01. The van der Waals surface area contributed by atoms with Crippen LogP contribution < -0.4 is 9.47 Å². The van der Waals surface area contributed by atoms with E-state index in [1.54, 1.807) is 24.3 Å². The van der Waals surface area contributed by atoms with Crippen molar-refractivity contribution in [2.24, 2.45) is 0 Å². The standard InChI is InChI=1S/C57H38N2O4/c60-52(62-42-21-3-1-4-22-42)33-56(46-29-38-17-9-7-15-36(38)27-44(46)54-48(56)31-40-19-11-13-25-50(40)58-54)35-57(34-53(61)63-43-23-5-2-6-24-43)47-30-39-18-10-8-16-37(39)28-45(47)55-49(57)32-41-20-12-14-26-51(41)59-55/h1-32H,33-35H2. The van der Waals surface area contributed by atoms with E-state index in [1.165, 1.54) is 0 Å². The smallest absolute Gasteiger partial charge is 0.312 e. The Hall–Kier alpha value is -7.96. The molecule has 63 heavy (non-hydrogen) atoms. The van der Waals surface area contributed by atoms with Gasteiger partial charge in [-0.15, -0.1) is 0 Å². The molecule has 2 aliphatic carbocycles. The molecule has 0 spiro atoms. The molecule has 0 bridgehead atoms. The number of hydrogen-bond acceptors (Lipinski definition) is 6. The highest BCUT2D eigenvalue weighted by molar-refractivity contribution is 5.99. The average molecular weight is 815 g/mol. The number of nitrogens with zero attached hydrogens (tertiary/aromatic N) is 2. The zero-order valence-corrected chi connectivity index (χ0v) is 34.1. The molecule has 2 atom stereocenters. The van der Waals surface area contributed by atoms with Crippen molar-refractivity contribution in [1.29, 1.82) is 0 Å². The summed E-state index contributed by atoms with van der Waals surface area (Å²) in [4.78, 5) is 40.8. The highest BCUT2D eigenvalue weighted by atomic mass is 16.5. The second kappa shape index (κ2) is 14.3. The number of fused-ring (bicyclic) bond motifs is 10. The van der Waals surface area contributed by atoms with E-state index < -0.39 is 22.8 Å². The lowest BCUT2D eigenvalue weighted by atomic mass is 9.60. The molecule has 0 N–H and O–H groups in total. The predicted molar refractivity (Wildman–Crippen MR) is 249 cm³/mol. The number of pyridine rings is 2. The number of esters is 2. The molecule has 300 valence electrons. The summed E-state index contributed by atoms with van der Waals surface area (Å²) < 4.78 is 12.5.